The third-order valence-corrected chi connectivity index (χ3v) is 8.91. The van der Waals surface area contributed by atoms with E-state index in [4.69, 9.17) is 14.3 Å². The fourth-order valence-corrected chi connectivity index (χ4v) is 6.71. The van der Waals surface area contributed by atoms with Crippen molar-refractivity contribution in [3.63, 3.8) is 0 Å². The van der Waals surface area contributed by atoms with Crippen molar-refractivity contribution in [1.82, 2.24) is 19.4 Å². The molecule has 1 aromatic carbocycles. The minimum atomic E-state index is -3.65. The van der Waals surface area contributed by atoms with Crippen LogP contribution in [0.2, 0.25) is 0 Å². The van der Waals surface area contributed by atoms with E-state index in [1.165, 1.54) is 28.5 Å². The van der Waals surface area contributed by atoms with E-state index in [0.29, 0.717) is 19.0 Å². The van der Waals surface area contributed by atoms with Crippen LogP contribution >= 0.6 is 0 Å². The molecular weight excluding hydrogens is 456 g/mol. The Kier molecular flexibility index (Phi) is 5.30. The Hall–Kier alpha value is -2.63. The highest BCUT2D eigenvalue weighted by Gasteiger charge is 2.37. The first-order valence-corrected chi connectivity index (χ1v) is 13.5. The number of urea groups is 1. The van der Waals surface area contributed by atoms with Crippen molar-refractivity contribution < 1.29 is 18.5 Å². The number of aryl methyl sites for hydroxylation is 2. The molecule has 0 radical (unpaired) electrons. The molecule has 2 aliphatic carbocycles. The predicted octanol–water partition coefficient (Wildman–Crippen LogP) is 2.09. The summed E-state index contributed by atoms with van der Waals surface area (Å²) in [5, 5.41) is 7.25. The average Bonchev–Trinajstić information content (AvgIpc) is 3.51. The second kappa shape index (κ2) is 8.24. The Morgan fingerprint density at radius 2 is 1.88 bits per heavy atom. The fourth-order valence-electron chi connectivity index (χ4n) is 5.69. The van der Waals surface area contributed by atoms with Crippen LogP contribution in [0.4, 0.5) is 10.5 Å². The lowest BCUT2D eigenvalue weighted by atomic mass is 9.99. The molecule has 3 N–H and O–H groups in total. The highest BCUT2D eigenvalue weighted by atomic mass is 32.2. The zero-order valence-electron chi connectivity index (χ0n) is 19.3. The molecule has 2 aliphatic heterocycles. The molecule has 34 heavy (non-hydrogen) atoms. The molecule has 1 saturated heterocycles. The van der Waals surface area contributed by atoms with Crippen molar-refractivity contribution in [2.75, 3.05) is 32.1 Å². The fraction of sp³-hybridized carbons (Fsp3) is 0.565. The smallest absolute Gasteiger partial charge is 0.331 e. The number of anilines is 1. The normalized spacial score (nSPS) is 23.3. The quantitative estimate of drug-likeness (QED) is 0.595. The maximum atomic E-state index is 13.3. The number of ether oxygens (including phenoxy) is 2. The van der Waals surface area contributed by atoms with Gasteiger partial charge in [-0.1, -0.05) is 6.07 Å². The molecule has 4 aliphatic rings. The van der Waals surface area contributed by atoms with Crippen molar-refractivity contribution in [3.05, 3.63) is 34.5 Å². The van der Waals surface area contributed by atoms with Gasteiger partial charge in [-0.3, -0.25) is 4.90 Å². The standard InChI is InChI=1S/C23H30N6O4S/c1-32-17-11-28(12-17)16-10-29-22(33-13-16)20(9-25-29)34(24,31)27-23(30)26-21-18-6-2-4-14(18)8-15-5-3-7-19(15)21/h8-9,16-17H,2-7,10-13H2,1H3,(H3,24,26,27,30,31)/t16-,34+/m0/s1. The van der Waals surface area contributed by atoms with Gasteiger partial charge in [-0.05, 0) is 60.8 Å². The number of fused-ring (bicyclic) bond motifs is 3. The number of benzene rings is 1. The molecule has 2 aromatic rings. The molecule has 2 amide bonds. The number of methoxy groups -OCH3 is 1. The summed E-state index contributed by atoms with van der Waals surface area (Å²) >= 11 is 0. The summed E-state index contributed by atoms with van der Waals surface area (Å²) < 4.78 is 37.0. The van der Waals surface area contributed by atoms with Gasteiger partial charge in [0.1, 0.15) is 11.5 Å². The highest BCUT2D eigenvalue weighted by Crippen LogP contribution is 2.38. The van der Waals surface area contributed by atoms with E-state index in [9.17, 15) is 9.00 Å². The van der Waals surface area contributed by atoms with Gasteiger partial charge in [0, 0.05) is 25.9 Å². The molecular formula is C23H30N6O4S. The first-order chi connectivity index (χ1) is 16.4. The van der Waals surface area contributed by atoms with Gasteiger partial charge in [0.05, 0.1) is 24.9 Å². The van der Waals surface area contributed by atoms with E-state index in [-0.39, 0.29) is 17.0 Å². The number of carbonyl (C=O) groups excluding carboxylic acids is 1. The first kappa shape index (κ1) is 21.9. The third-order valence-electron chi connectivity index (χ3n) is 7.54. The number of likely N-dealkylation sites (tertiary alicyclic amines) is 1. The number of amides is 2. The van der Waals surface area contributed by atoms with Gasteiger partial charge in [-0.25, -0.2) is 23.2 Å². The van der Waals surface area contributed by atoms with Crippen LogP contribution in [0.1, 0.15) is 35.1 Å². The van der Waals surface area contributed by atoms with Crippen LogP contribution in [-0.4, -0.2) is 63.9 Å². The lowest BCUT2D eigenvalue weighted by Gasteiger charge is -2.44. The van der Waals surface area contributed by atoms with Crippen molar-refractivity contribution in [1.29, 1.82) is 4.78 Å². The Morgan fingerprint density at radius 1 is 1.18 bits per heavy atom. The van der Waals surface area contributed by atoms with Crippen molar-refractivity contribution in [2.24, 2.45) is 0 Å². The second-order valence-electron chi connectivity index (χ2n) is 9.62. The van der Waals surface area contributed by atoms with Crippen LogP contribution in [0, 0.1) is 4.78 Å². The lowest BCUT2D eigenvalue weighted by Crippen LogP contribution is -2.59. The number of hydrogen-bond donors (Lipinski definition) is 3. The van der Waals surface area contributed by atoms with Gasteiger partial charge in [0.25, 0.3) is 0 Å². The van der Waals surface area contributed by atoms with Crippen LogP contribution in [0.15, 0.2) is 17.2 Å². The molecule has 0 unspecified atom stereocenters. The molecule has 182 valence electrons. The van der Waals surface area contributed by atoms with Crippen molar-refractivity contribution in [3.8, 4) is 5.88 Å². The van der Waals surface area contributed by atoms with Gasteiger partial charge in [0.15, 0.2) is 9.92 Å². The summed E-state index contributed by atoms with van der Waals surface area (Å²) in [4.78, 5) is 15.3. The number of rotatable bonds is 5. The van der Waals surface area contributed by atoms with Crippen LogP contribution in [0.3, 0.4) is 0 Å². The maximum Gasteiger partial charge on any atom is 0.331 e. The molecule has 0 saturated carbocycles. The predicted molar refractivity (Wildman–Crippen MR) is 126 cm³/mol. The molecule has 11 heteroatoms. The molecule has 1 aromatic heterocycles. The van der Waals surface area contributed by atoms with Gasteiger partial charge in [-0.15, -0.1) is 0 Å². The summed E-state index contributed by atoms with van der Waals surface area (Å²) in [6.45, 7) is 2.69. The summed E-state index contributed by atoms with van der Waals surface area (Å²) in [6.07, 6.45) is 7.69. The summed E-state index contributed by atoms with van der Waals surface area (Å²) in [6, 6.07) is 1.81. The molecule has 2 atom stereocenters. The minimum absolute atomic E-state index is 0.1000. The summed E-state index contributed by atoms with van der Waals surface area (Å²) in [5.74, 6) is 0.293. The Morgan fingerprint density at radius 3 is 2.56 bits per heavy atom. The monoisotopic (exact) mass is 486 g/mol. The molecule has 0 bridgehead atoms. The van der Waals surface area contributed by atoms with E-state index in [1.807, 2.05) is 0 Å². The molecule has 1 fully saturated rings. The topological polar surface area (TPSA) is 122 Å². The van der Waals surface area contributed by atoms with Gasteiger partial charge in [0.2, 0.25) is 5.88 Å². The number of nitrogens with zero attached hydrogens (tertiary/aromatic N) is 3. The Labute approximate surface area is 199 Å². The second-order valence-corrected chi connectivity index (χ2v) is 11.4. The lowest BCUT2D eigenvalue weighted by molar-refractivity contribution is -0.0687. The third kappa shape index (κ3) is 3.66. The zero-order chi connectivity index (χ0) is 23.4. The molecule has 0 spiro atoms. The van der Waals surface area contributed by atoms with E-state index in [0.717, 1.165) is 57.3 Å². The van der Waals surface area contributed by atoms with Gasteiger partial charge in [-0.2, -0.15) is 5.10 Å². The van der Waals surface area contributed by atoms with Crippen LogP contribution < -0.4 is 14.8 Å². The first-order valence-electron chi connectivity index (χ1n) is 11.9. The van der Waals surface area contributed by atoms with Gasteiger partial charge >= 0.3 is 6.03 Å². The SMILES string of the molecule is COC1CN([C@@H]2COc3c([S@](=N)(=O)NC(=O)Nc4c5c(cc6c4CCC6)CCC5)cnn3C2)C1. The average molecular weight is 487 g/mol. The molecule has 10 nitrogen and oxygen atoms in total. The Bertz CT molecular complexity index is 1220. The largest absolute Gasteiger partial charge is 0.475 e. The van der Waals surface area contributed by atoms with Crippen LogP contribution in [0.5, 0.6) is 5.88 Å². The Balaban J connectivity index is 1.17. The number of aromatic nitrogens is 2. The number of nitrogens with one attached hydrogen (secondary N) is 3. The van der Waals surface area contributed by atoms with E-state index < -0.39 is 15.9 Å². The van der Waals surface area contributed by atoms with E-state index >= 15 is 0 Å². The number of hydrogen-bond acceptors (Lipinski definition) is 7. The van der Waals surface area contributed by atoms with Crippen LogP contribution in [-0.2, 0) is 46.9 Å². The number of carbonyl (C=O) groups is 1. The van der Waals surface area contributed by atoms with Crippen molar-refractivity contribution in [2.45, 2.75) is 62.1 Å². The molecule has 6 rings (SSSR count). The van der Waals surface area contributed by atoms with E-state index in [2.05, 4.69) is 26.1 Å². The highest BCUT2D eigenvalue weighted by molar-refractivity contribution is 7.91. The zero-order valence-corrected chi connectivity index (χ0v) is 20.1. The maximum absolute atomic E-state index is 13.3. The summed E-state index contributed by atoms with van der Waals surface area (Å²) in [5.41, 5.74) is 5.83. The van der Waals surface area contributed by atoms with Gasteiger partial charge < -0.3 is 14.8 Å². The molecule has 3 heterocycles. The van der Waals surface area contributed by atoms with E-state index in [1.54, 1.807) is 11.8 Å². The van der Waals surface area contributed by atoms with Crippen LogP contribution in [0.25, 0.3) is 0 Å². The van der Waals surface area contributed by atoms with Crippen molar-refractivity contribution >= 4 is 21.6 Å². The minimum Gasteiger partial charge on any atom is -0.475 e. The summed E-state index contributed by atoms with van der Waals surface area (Å²) in [7, 11) is -1.94.